The van der Waals surface area contributed by atoms with Crippen molar-refractivity contribution in [3.63, 3.8) is 0 Å². The molecular formula is C21H24O. The summed E-state index contributed by atoms with van der Waals surface area (Å²) in [6.07, 6.45) is 8.58. The zero-order valence-electron chi connectivity index (χ0n) is 13.3. The van der Waals surface area contributed by atoms with E-state index in [9.17, 15) is 0 Å². The molecule has 2 aromatic carbocycles. The van der Waals surface area contributed by atoms with Crippen molar-refractivity contribution in [2.45, 2.75) is 39.0 Å². The van der Waals surface area contributed by atoms with Gasteiger partial charge in [-0.2, -0.15) is 0 Å². The Bertz CT molecular complexity index is 621. The molecular weight excluding hydrogens is 268 g/mol. The average molecular weight is 292 g/mol. The fraction of sp³-hybridized carbons (Fsp3) is 0.333. The van der Waals surface area contributed by atoms with Crippen molar-refractivity contribution in [1.82, 2.24) is 0 Å². The summed E-state index contributed by atoms with van der Waals surface area (Å²) in [5, 5.41) is 0. The first-order valence-corrected chi connectivity index (χ1v) is 8.32. The Morgan fingerprint density at radius 3 is 2.45 bits per heavy atom. The molecule has 114 valence electrons. The molecule has 0 amide bonds. The molecule has 2 aromatic rings. The van der Waals surface area contributed by atoms with E-state index in [0.29, 0.717) is 5.92 Å². The van der Waals surface area contributed by atoms with E-state index < -0.39 is 0 Å². The van der Waals surface area contributed by atoms with Crippen LogP contribution in [0.3, 0.4) is 0 Å². The van der Waals surface area contributed by atoms with E-state index in [2.05, 4.69) is 49.4 Å². The van der Waals surface area contributed by atoms with E-state index in [-0.39, 0.29) is 0 Å². The number of rotatable bonds is 4. The van der Waals surface area contributed by atoms with Crippen LogP contribution < -0.4 is 4.74 Å². The van der Waals surface area contributed by atoms with Gasteiger partial charge in [-0.15, -0.1) is 0 Å². The van der Waals surface area contributed by atoms with Crippen molar-refractivity contribution in [2.75, 3.05) is 0 Å². The second-order valence-electron chi connectivity index (χ2n) is 6.21. The molecule has 1 heteroatoms. The fourth-order valence-electron chi connectivity index (χ4n) is 3.26. The van der Waals surface area contributed by atoms with Gasteiger partial charge in [-0.25, -0.2) is 0 Å². The van der Waals surface area contributed by atoms with Gasteiger partial charge in [0.15, 0.2) is 0 Å². The van der Waals surface area contributed by atoms with Gasteiger partial charge in [0.1, 0.15) is 5.75 Å². The maximum absolute atomic E-state index is 5.99. The lowest BCUT2D eigenvalue weighted by atomic mass is 9.81. The first kappa shape index (κ1) is 14.9. The van der Waals surface area contributed by atoms with Gasteiger partial charge in [0.25, 0.3) is 0 Å². The molecule has 1 aliphatic carbocycles. The van der Waals surface area contributed by atoms with Crippen molar-refractivity contribution >= 4 is 5.57 Å². The topological polar surface area (TPSA) is 9.23 Å². The van der Waals surface area contributed by atoms with Gasteiger partial charge in [0, 0.05) is 0 Å². The summed E-state index contributed by atoms with van der Waals surface area (Å²) < 4.78 is 5.99. The number of aryl methyl sites for hydroxylation is 1. The second-order valence-corrected chi connectivity index (χ2v) is 6.21. The molecule has 0 aliphatic heterocycles. The van der Waals surface area contributed by atoms with Crippen LogP contribution in [0.25, 0.3) is 5.57 Å². The van der Waals surface area contributed by atoms with Crippen molar-refractivity contribution in [2.24, 2.45) is 5.92 Å². The minimum Gasteiger partial charge on any atom is -0.465 e. The lowest BCUT2D eigenvalue weighted by molar-refractivity contribution is 0.417. The number of ether oxygens (including phenoxy) is 1. The Morgan fingerprint density at radius 2 is 1.73 bits per heavy atom. The summed E-state index contributed by atoms with van der Waals surface area (Å²) in [4.78, 5) is 0. The predicted octanol–water partition coefficient (Wildman–Crippen LogP) is 6.00. The Hall–Kier alpha value is -2.02. The summed E-state index contributed by atoms with van der Waals surface area (Å²) in [6.45, 7) is 2.09. The first-order chi connectivity index (χ1) is 10.8. The molecule has 22 heavy (non-hydrogen) atoms. The van der Waals surface area contributed by atoms with Crippen molar-refractivity contribution in [1.29, 1.82) is 0 Å². The van der Waals surface area contributed by atoms with Crippen LogP contribution in [0.2, 0.25) is 0 Å². The number of hydrogen-bond acceptors (Lipinski definition) is 1. The molecule has 1 aliphatic rings. The normalized spacial score (nSPS) is 16.5. The maximum atomic E-state index is 5.99. The van der Waals surface area contributed by atoms with Crippen LogP contribution in [0, 0.1) is 12.8 Å². The smallest absolute Gasteiger partial charge is 0.126 e. The molecule has 0 N–H and O–H groups in total. The molecule has 0 aromatic heterocycles. The third kappa shape index (κ3) is 3.79. The fourth-order valence-corrected chi connectivity index (χ4v) is 3.26. The van der Waals surface area contributed by atoms with Crippen LogP contribution in [0.1, 0.15) is 43.2 Å². The zero-order chi connectivity index (χ0) is 15.2. The predicted molar refractivity (Wildman–Crippen MR) is 92.8 cm³/mol. The lowest BCUT2D eigenvalue weighted by Gasteiger charge is -2.24. The van der Waals surface area contributed by atoms with Gasteiger partial charge in [-0.3, -0.25) is 0 Å². The minimum absolute atomic E-state index is 0.626. The van der Waals surface area contributed by atoms with Gasteiger partial charge in [0.2, 0.25) is 0 Å². The van der Waals surface area contributed by atoms with Crippen LogP contribution in [0.15, 0.2) is 60.9 Å². The highest BCUT2D eigenvalue weighted by atomic mass is 16.5. The van der Waals surface area contributed by atoms with Crippen molar-refractivity contribution in [3.8, 4) is 5.75 Å². The molecule has 3 rings (SSSR count). The second kappa shape index (κ2) is 7.31. The van der Waals surface area contributed by atoms with Crippen molar-refractivity contribution < 1.29 is 4.74 Å². The van der Waals surface area contributed by atoms with Crippen LogP contribution in [-0.2, 0) is 0 Å². The van der Waals surface area contributed by atoms with Crippen LogP contribution in [0.5, 0.6) is 5.75 Å². The highest BCUT2D eigenvalue weighted by Crippen LogP contribution is 2.35. The minimum atomic E-state index is 0.626. The van der Waals surface area contributed by atoms with Gasteiger partial charge in [0.05, 0.1) is 6.26 Å². The summed E-state index contributed by atoms with van der Waals surface area (Å²) in [7, 11) is 0. The molecule has 1 nitrogen and oxygen atoms in total. The van der Waals surface area contributed by atoms with Crippen LogP contribution in [0.4, 0.5) is 0 Å². The highest BCUT2D eigenvalue weighted by molar-refractivity contribution is 5.66. The van der Waals surface area contributed by atoms with E-state index in [1.165, 1.54) is 48.8 Å². The van der Waals surface area contributed by atoms with Gasteiger partial charge in [-0.1, -0.05) is 61.7 Å². The van der Waals surface area contributed by atoms with E-state index in [0.717, 1.165) is 5.75 Å². The Morgan fingerprint density at radius 1 is 0.955 bits per heavy atom. The number of allylic oxidation sites excluding steroid dienone is 1. The molecule has 0 radical (unpaired) electrons. The summed E-state index contributed by atoms with van der Waals surface area (Å²) in [5.41, 5.74) is 3.87. The molecule has 0 saturated heterocycles. The molecule has 0 atom stereocenters. The first-order valence-electron chi connectivity index (χ1n) is 8.32. The maximum Gasteiger partial charge on any atom is 0.126 e. The standard InChI is InChI=1S/C21H24O/c1-17-9-8-14-20(15-17)22-16-21(18-10-4-2-5-11-18)19-12-6-3-7-13-19/h2,4-5,8-11,14-16,19H,3,6-7,12-13H2,1H3/b21-16-. The molecule has 0 spiro atoms. The lowest BCUT2D eigenvalue weighted by Crippen LogP contribution is -2.09. The molecule has 0 bridgehead atoms. The molecule has 0 unspecified atom stereocenters. The average Bonchev–Trinajstić information content (AvgIpc) is 2.57. The van der Waals surface area contributed by atoms with Crippen molar-refractivity contribution in [3.05, 3.63) is 72.0 Å². The molecule has 1 saturated carbocycles. The summed E-state index contributed by atoms with van der Waals surface area (Å²) in [6, 6.07) is 18.9. The Kier molecular flexibility index (Phi) is 4.95. The number of benzene rings is 2. The Labute approximate surface area is 133 Å². The Balaban J connectivity index is 1.85. The quantitative estimate of drug-likeness (QED) is 0.628. The van der Waals surface area contributed by atoms with Crippen LogP contribution >= 0.6 is 0 Å². The van der Waals surface area contributed by atoms with Gasteiger partial charge in [-0.05, 0) is 54.5 Å². The van der Waals surface area contributed by atoms with E-state index >= 15 is 0 Å². The van der Waals surface area contributed by atoms with Gasteiger partial charge < -0.3 is 4.74 Å². The third-order valence-electron chi connectivity index (χ3n) is 4.46. The largest absolute Gasteiger partial charge is 0.465 e. The SMILES string of the molecule is Cc1cccc(O/C=C(/c2ccccc2)C2CCCCC2)c1. The van der Waals surface area contributed by atoms with E-state index in [1.54, 1.807) is 0 Å². The van der Waals surface area contributed by atoms with Crippen LogP contribution in [-0.4, -0.2) is 0 Å². The van der Waals surface area contributed by atoms with E-state index in [1.807, 2.05) is 18.4 Å². The number of hydrogen-bond donors (Lipinski definition) is 0. The summed E-state index contributed by atoms with van der Waals surface area (Å²) in [5.74, 6) is 1.55. The molecule has 0 heterocycles. The van der Waals surface area contributed by atoms with E-state index in [4.69, 9.17) is 4.74 Å². The summed E-state index contributed by atoms with van der Waals surface area (Å²) >= 11 is 0. The monoisotopic (exact) mass is 292 g/mol. The third-order valence-corrected chi connectivity index (χ3v) is 4.46. The molecule has 1 fully saturated rings. The van der Waals surface area contributed by atoms with Gasteiger partial charge >= 0.3 is 0 Å². The zero-order valence-corrected chi connectivity index (χ0v) is 13.3. The highest BCUT2D eigenvalue weighted by Gasteiger charge is 2.19.